The van der Waals surface area contributed by atoms with E-state index in [1.807, 2.05) is 0 Å². The lowest BCUT2D eigenvalue weighted by Crippen LogP contribution is -2.40. The lowest BCUT2D eigenvalue weighted by molar-refractivity contribution is -0.120. The first-order chi connectivity index (χ1) is 12.3. The second-order valence-electron chi connectivity index (χ2n) is 6.13. The number of benzene rings is 1. The van der Waals surface area contributed by atoms with Crippen molar-refractivity contribution in [1.82, 2.24) is 9.62 Å². The molecule has 1 fully saturated rings. The molecule has 26 heavy (non-hydrogen) atoms. The van der Waals surface area contributed by atoms with Gasteiger partial charge in [-0.1, -0.05) is 6.08 Å². The van der Waals surface area contributed by atoms with E-state index in [1.165, 1.54) is 10.6 Å². The molecule has 0 saturated carbocycles. The molecule has 0 spiro atoms. The van der Waals surface area contributed by atoms with E-state index in [0.717, 1.165) is 0 Å². The Morgan fingerprint density at radius 2 is 1.69 bits per heavy atom. The van der Waals surface area contributed by atoms with Crippen LogP contribution in [0.25, 0.3) is 0 Å². The number of carbonyl (C=O) groups is 2. The normalized spacial score (nSPS) is 15.9. The highest BCUT2D eigenvalue weighted by molar-refractivity contribution is 7.88. The van der Waals surface area contributed by atoms with Gasteiger partial charge in [0.2, 0.25) is 15.9 Å². The van der Waals surface area contributed by atoms with E-state index in [-0.39, 0.29) is 17.9 Å². The van der Waals surface area contributed by atoms with Crippen LogP contribution in [0.3, 0.4) is 0 Å². The first-order valence-electron chi connectivity index (χ1n) is 8.31. The first-order valence-corrected chi connectivity index (χ1v) is 10.2. The number of carbonyl (C=O) groups excluding carboxylic acids is 2. The van der Waals surface area contributed by atoms with Gasteiger partial charge in [-0.15, -0.1) is 6.58 Å². The first kappa shape index (κ1) is 19.9. The number of urea groups is 1. The molecule has 0 atom stereocenters. The molecule has 1 heterocycles. The van der Waals surface area contributed by atoms with Crippen LogP contribution in [0.5, 0.6) is 0 Å². The smallest absolute Gasteiger partial charge is 0.319 e. The van der Waals surface area contributed by atoms with Gasteiger partial charge in [0.15, 0.2) is 0 Å². The Bertz CT molecular complexity index is 753. The average molecular weight is 380 g/mol. The fraction of sp³-hybridized carbons (Fsp3) is 0.412. The second-order valence-corrected chi connectivity index (χ2v) is 8.11. The van der Waals surface area contributed by atoms with Gasteiger partial charge in [0.1, 0.15) is 0 Å². The van der Waals surface area contributed by atoms with Gasteiger partial charge in [-0.3, -0.25) is 4.79 Å². The maximum atomic E-state index is 12.3. The van der Waals surface area contributed by atoms with Crippen molar-refractivity contribution in [2.45, 2.75) is 12.8 Å². The number of piperidine rings is 1. The molecule has 2 rings (SSSR count). The maximum Gasteiger partial charge on any atom is 0.319 e. The van der Waals surface area contributed by atoms with Crippen molar-refractivity contribution >= 4 is 33.3 Å². The molecule has 0 aliphatic carbocycles. The van der Waals surface area contributed by atoms with Gasteiger partial charge in [-0.05, 0) is 37.1 Å². The minimum absolute atomic E-state index is 0.123. The van der Waals surface area contributed by atoms with Gasteiger partial charge < -0.3 is 16.0 Å². The van der Waals surface area contributed by atoms with Crippen LogP contribution in [0.15, 0.2) is 36.9 Å². The molecule has 1 saturated heterocycles. The molecular formula is C17H24N4O4S. The fourth-order valence-corrected chi connectivity index (χ4v) is 3.55. The fourth-order valence-electron chi connectivity index (χ4n) is 2.67. The minimum atomic E-state index is -3.20. The van der Waals surface area contributed by atoms with Gasteiger partial charge in [-0.2, -0.15) is 0 Å². The topological polar surface area (TPSA) is 108 Å². The largest absolute Gasteiger partial charge is 0.334 e. The van der Waals surface area contributed by atoms with Crippen molar-refractivity contribution in [3.05, 3.63) is 36.9 Å². The molecule has 9 heteroatoms. The third-order valence-corrected chi connectivity index (χ3v) is 5.41. The number of sulfonamides is 1. The predicted octanol–water partition coefficient (Wildman–Crippen LogP) is 1.60. The van der Waals surface area contributed by atoms with Crippen LogP contribution in [0.2, 0.25) is 0 Å². The molecule has 8 nitrogen and oxygen atoms in total. The van der Waals surface area contributed by atoms with E-state index < -0.39 is 10.0 Å². The predicted molar refractivity (Wildman–Crippen MR) is 101 cm³/mol. The number of nitrogens with one attached hydrogen (secondary N) is 3. The summed E-state index contributed by atoms with van der Waals surface area (Å²) < 4.78 is 24.4. The third-order valence-electron chi connectivity index (χ3n) is 4.11. The minimum Gasteiger partial charge on any atom is -0.334 e. The van der Waals surface area contributed by atoms with Gasteiger partial charge in [0, 0.05) is 36.9 Å². The van der Waals surface area contributed by atoms with E-state index in [9.17, 15) is 18.0 Å². The second kappa shape index (κ2) is 8.81. The molecule has 1 aliphatic heterocycles. The molecule has 1 aliphatic rings. The summed E-state index contributed by atoms with van der Waals surface area (Å²) in [4.78, 5) is 23.9. The zero-order valence-electron chi connectivity index (χ0n) is 14.7. The van der Waals surface area contributed by atoms with Crippen molar-refractivity contribution in [2.24, 2.45) is 5.92 Å². The van der Waals surface area contributed by atoms with Crippen molar-refractivity contribution in [1.29, 1.82) is 0 Å². The summed E-state index contributed by atoms with van der Waals surface area (Å²) in [6.45, 7) is 4.61. The maximum absolute atomic E-state index is 12.3. The Balaban J connectivity index is 1.84. The summed E-state index contributed by atoms with van der Waals surface area (Å²) in [5.74, 6) is -0.335. The van der Waals surface area contributed by atoms with E-state index in [4.69, 9.17) is 0 Å². The summed E-state index contributed by atoms with van der Waals surface area (Å²) in [5, 5.41) is 8.10. The van der Waals surface area contributed by atoms with Crippen molar-refractivity contribution in [3.63, 3.8) is 0 Å². The lowest BCUT2D eigenvalue weighted by atomic mass is 9.97. The quantitative estimate of drug-likeness (QED) is 0.652. The highest BCUT2D eigenvalue weighted by Crippen LogP contribution is 2.21. The van der Waals surface area contributed by atoms with Crippen molar-refractivity contribution in [2.75, 3.05) is 36.5 Å². The zero-order chi connectivity index (χ0) is 19.2. The molecule has 0 radical (unpaired) electrons. The van der Waals surface area contributed by atoms with E-state index in [0.29, 0.717) is 43.9 Å². The molecular weight excluding hydrogens is 356 g/mol. The van der Waals surface area contributed by atoms with Crippen LogP contribution in [0.1, 0.15) is 12.8 Å². The average Bonchev–Trinajstić information content (AvgIpc) is 2.61. The molecule has 1 aromatic rings. The summed E-state index contributed by atoms with van der Waals surface area (Å²) in [5.41, 5.74) is 1.23. The monoisotopic (exact) mass is 380 g/mol. The van der Waals surface area contributed by atoms with Crippen LogP contribution < -0.4 is 16.0 Å². The van der Waals surface area contributed by atoms with Gasteiger partial charge in [0.25, 0.3) is 0 Å². The van der Waals surface area contributed by atoms with E-state index in [1.54, 1.807) is 30.3 Å². The molecule has 0 unspecified atom stereocenters. The van der Waals surface area contributed by atoms with Crippen LogP contribution in [-0.4, -0.2) is 50.6 Å². The van der Waals surface area contributed by atoms with Crippen molar-refractivity contribution < 1.29 is 18.0 Å². The number of hydrogen-bond donors (Lipinski definition) is 3. The Kier molecular flexibility index (Phi) is 6.76. The van der Waals surface area contributed by atoms with Crippen LogP contribution in [0.4, 0.5) is 16.2 Å². The lowest BCUT2D eigenvalue weighted by Gasteiger charge is -2.29. The standard InChI is InChI=1S/C17H24N4O4S/c1-3-10-18-17(23)20-15-6-4-14(5-7-15)19-16(22)13-8-11-21(12-9-13)26(2,24)25/h3-7,13H,1,8-12H2,2H3,(H,19,22)(H2,18,20,23). The van der Waals surface area contributed by atoms with E-state index >= 15 is 0 Å². The summed E-state index contributed by atoms with van der Waals surface area (Å²) in [6, 6.07) is 6.45. The molecule has 142 valence electrons. The molecule has 1 aromatic carbocycles. The third kappa shape index (κ3) is 5.85. The molecule has 0 aromatic heterocycles. The molecule has 0 bridgehead atoms. The Morgan fingerprint density at radius 1 is 1.15 bits per heavy atom. The Morgan fingerprint density at radius 3 is 2.19 bits per heavy atom. The number of hydrogen-bond acceptors (Lipinski definition) is 4. The van der Waals surface area contributed by atoms with Crippen LogP contribution in [0, 0.1) is 5.92 Å². The summed E-state index contributed by atoms with van der Waals surface area (Å²) in [6.07, 6.45) is 3.77. The van der Waals surface area contributed by atoms with Gasteiger partial charge in [-0.25, -0.2) is 17.5 Å². The number of rotatable bonds is 6. The Labute approximate surface area is 153 Å². The van der Waals surface area contributed by atoms with E-state index in [2.05, 4.69) is 22.5 Å². The highest BCUT2D eigenvalue weighted by atomic mass is 32.2. The van der Waals surface area contributed by atoms with Gasteiger partial charge >= 0.3 is 6.03 Å². The van der Waals surface area contributed by atoms with Gasteiger partial charge in [0.05, 0.1) is 6.26 Å². The SMILES string of the molecule is C=CCNC(=O)Nc1ccc(NC(=O)C2CCN(S(C)(=O)=O)CC2)cc1. The Hall–Kier alpha value is -2.39. The summed E-state index contributed by atoms with van der Waals surface area (Å²) >= 11 is 0. The number of anilines is 2. The zero-order valence-corrected chi connectivity index (χ0v) is 15.5. The van der Waals surface area contributed by atoms with Crippen LogP contribution in [-0.2, 0) is 14.8 Å². The van der Waals surface area contributed by atoms with Crippen molar-refractivity contribution in [3.8, 4) is 0 Å². The summed E-state index contributed by atoms with van der Waals surface area (Å²) in [7, 11) is -3.20. The number of amides is 3. The highest BCUT2D eigenvalue weighted by Gasteiger charge is 2.28. The molecule has 3 N–H and O–H groups in total. The van der Waals surface area contributed by atoms with Crippen LogP contribution >= 0.6 is 0 Å². The molecule has 3 amide bonds. The number of nitrogens with zero attached hydrogens (tertiary/aromatic N) is 1.